The molecule has 0 fully saturated rings. The van der Waals surface area contributed by atoms with E-state index in [0.29, 0.717) is 6.92 Å². The van der Waals surface area contributed by atoms with Crippen LogP contribution in [0.3, 0.4) is 0 Å². The van der Waals surface area contributed by atoms with E-state index in [9.17, 15) is 26.9 Å². The second-order valence-electron chi connectivity index (χ2n) is 2.46. The Morgan fingerprint density at radius 2 is 1.31 bits per heavy atom. The van der Waals surface area contributed by atoms with Gasteiger partial charge in [-0.15, -0.1) is 8.96 Å². The van der Waals surface area contributed by atoms with Crippen molar-refractivity contribution >= 4 is 0 Å². The van der Waals surface area contributed by atoms with Gasteiger partial charge in [0.1, 0.15) is 0 Å². The standard InChI is InChI=1S/C4H7F6N3/c1-4(12(7)8,13(9)10)2-3-11(5)6/h2-3H2,1H3. The van der Waals surface area contributed by atoms with Gasteiger partial charge < -0.3 is 0 Å². The lowest BCUT2D eigenvalue weighted by molar-refractivity contribution is -0.370. The summed E-state index contributed by atoms with van der Waals surface area (Å²) in [7, 11) is 0. The number of halogens is 6. The average Bonchev–Trinajstić information content (AvgIpc) is 1.99. The van der Waals surface area contributed by atoms with Gasteiger partial charge in [0.15, 0.2) is 5.66 Å². The summed E-state index contributed by atoms with van der Waals surface area (Å²) in [5, 5.41) is -5.06. The highest BCUT2D eigenvalue weighted by Gasteiger charge is 2.42. The Balaban J connectivity index is 4.25. The van der Waals surface area contributed by atoms with Gasteiger partial charge in [-0.1, -0.05) is 17.9 Å². The molecule has 0 N–H and O–H groups in total. The first-order valence-electron chi connectivity index (χ1n) is 3.13. The Labute approximate surface area is 69.7 Å². The lowest BCUT2D eigenvalue weighted by Gasteiger charge is -2.27. The summed E-state index contributed by atoms with van der Waals surface area (Å²) in [4.78, 5) is 0. The SMILES string of the molecule is CC(CCN(F)F)(N(F)F)N(F)F. The van der Waals surface area contributed by atoms with Crippen LogP contribution in [0.2, 0.25) is 0 Å². The largest absolute Gasteiger partial charge is 0.194 e. The molecule has 0 amide bonds. The topological polar surface area (TPSA) is 9.72 Å². The average molecular weight is 211 g/mol. The van der Waals surface area contributed by atoms with Crippen LogP contribution in [0.4, 0.5) is 26.9 Å². The summed E-state index contributed by atoms with van der Waals surface area (Å²) in [5.74, 6) is 0. The molecule has 0 aliphatic rings. The molecule has 3 nitrogen and oxygen atoms in total. The maximum atomic E-state index is 11.8. The zero-order chi connectivity index (χ0) is 10.6. The molecular formula is C4H7F6N3. The molecule has 0 heterocycles. The van der Waals surface area contributed by atoms with E-state index in [1.807, 2.05) is 0 Å². The second-order valence-corrected chi connectivity index (χ2v) is 2.46. The highest BCUT2D eigenvalue weighted by molar-refractivity contribution is 4.71. The molecule has 0 saturated heterocycles. The molecule has 0 spiro atoms. The predicted octanol–water partition coefficient (Wildman–Crippen LogP) is 2.31. The van der Waals surface area contributed by atoms with Crippen molar-refractivity contribution in [3.63, 3.8) is 0 Å². The van der Waals surface area contributed by atoms with Crippen LogP contribution in [-0.4, -0.2) is 28.2 Å². The number of hydrogen-bond donors (Lipinski definition) is 0. The summed E-state index contributed by atoms with van der Waals surface area (Å²) < 4.78 is 70.1. The molecule has 0 aromatic carbocycles. The number of rotatable bonds is 5. The van der Waals surface area contributed by atoms with E-state index in [1.54, 1.807) is 0 Å². The molecule has 80 valence electrons. The zero-order valence-electron chi connectivity index (χ0n) is 6.52. The molecule has 0 saturated carbocycles. The van der Waals surface area contributed by atoms with E-state index in [1.165, 1.54) is 0 Å². The summed E-state index contributed by atoms with van der Waals surface area (Å²) in [6.45, 7) is -0.734. The fraction of sp³-hybridized carbons (Fsp3) is 1.00. The van der Waals surface area contributed by atoms with Gasteiger partial charge in [-0.05, 0) is 6.92 Å². The molecule has 9 heteroatoms. The first-order valence-corrected chi connectivity index (χ1v) is 3.13. The Morgan fingerprint density at radius 1 is 0.923 bits per heavy atom. The Kier molecular flexibility index (Phi) is 4.44. The van der Waals surface area contributed by atoms with Gasteiger partial charge in [0.05, 0.1) is 6.54 Å². The Hall–Kier alpha value is -0.540. The van der Waals surface area contributed by atoms with E-state index in [-0.39, 0.29) is 0 Å². The van der Waals surface area contributed by atoms with Crippen LogP contribution in [0.25, 0.3) is 0 Å². The Bertz CT molecular complexity index is 143. The third kappa shape index (κ3) is 3.36. The molecule has 0 aliphatic heterocycles. The number of hydrogen-bond acceptors (Lipinski definition) is 3. The molecule has 13 heavy (non-hydrogen) atoms. The highest BCUT2D eigenvalue weighted by Crippen LogP contribution is 2.26. The van der Waals surface area contributed by atoms with Gasteiger partial charge in [0.2, 0.25) is 0 Å². The van der Waals surface area contributed by atoms with Gasteiger partial charge in [0, 0.05) is 22.5 Å². The van der Waals surface area contributed by atoms with Crippen molar-refractivity contribution < 1.29 is 26.9 Å². The lowest BCUT2D eigenvalue weighted by atomic mass is 10.1. The van der Waals surface area contributed by atoms with Crippen molar-refractivity contribution in [1.82, 2.24) is 16.0 Å². The van der Waals surface area contributed by atoms with E-state index in [4.69, 9.17) is 0 Å². The van der Waals surface area contributed by atoms with Gasteiger partial charge in [-0.3, -0.25) is 0 Å². The molecule has 0 radical (unpaired) electrons. The van der Waals surface area contributed by atoms with E-state index in [0.717, 1.165) is 0 Å². The van der Waals surface area contributed by atoms with E-state index in [2.05, 4.69) is 0 Å². The third-order valence-electron chi connectivity index (χ3n) is 1.48. The predicted molar refractivity (Wildman–Crippen MR) is 30.1 cm³/mol. The Morgan fingerprint density at radius 3 is 1.54 bits per heavy atom. The zero-order valence-corrected chi connectivity index (χ0v) is 6.52. The van der Waals surface area contributed by atoms with Gasteiger partial charge >= 0.3 is 0 Å². The minimum absolute atomic E-state index is 0.441. The van der Waals surface area contributed by atoms with Crippen molar-refractivity contribution in [2.24, 2.45) is 0 Å². The lowest BCUT2D eigenvalue weighted by Crippen LogP contribution is -2.47. The van der Waals surface area contributed by atoms with Crippen LogP contribution in [-0.2, 0) is 0 Å². The monoisotopic (exact) mass is 211 g/mol. The number of nitrogens with zero attached hydrogens (tertiary/aromatic N) is 3. The molecule has 0 atom stereocenters. The molecular weight excluding hydrogens is 204 g/mol. The third-order valence-corrected chi connectivity index (χ3v) is 1.48. The molecule has 0 aromatic rings. The van der Waals surface area contributed by atoms with E-state index >= 15 is 0 Å². The van der Waals surface area contributed by atoms with Gasteiger partial charge in [-0.2, -0.15) is 0 Å². The normalized spacial score (nSPS) is 13.4. The summed E-state index contributed by atoms with van der Waals surface area (Å²) in [6, 6.07) is 0. The van der Waals surface area contributed by atoms with Crippen LogP contribution in [0, 0.1) is 0 Å². The summed E-state index contributed by atoms with van der Waals surface area (Å²) in [6.07, 6.45) is -1.10. The first kappa shape index (κ1) is 12.5. The highest BCUT2D eigenvalue weighted by atomic mass is 19.4. The second kappa shape index (κ2) is 4.63. The van der Waals surface area contributed by atoms with Crippen molar-refractivity contribution in [1.29, 1.82) is 0 Å². The maximum absolute atomic E-state index is 11.8. The first-order chi connectivity index (χ1) is 5.80. The van der Waals surface area contributed by atoms with Crippen molar-refractivity contribution in [3.8, 4) is 0 Å². The molecule has 0 bridgehead atoms. The molecule has 0 rings (SSSR count). The molecule has 0 aromatic heterocycles. The molecule has 0 aliphatic carbocycles. The van der Waals surface area contributed by atoms with Crippen molar-refractivity contribution in [2.75, 3.05) is 6.54 Å². The fourth-order valence-electron chi connectivity index (χ4n) is 0.522. The van der Waals surface area contributed by atoms with Crippen molar-refractivity contribution in [3.05, 3.63) is 0 Å². The van der Waals surface area contributed by atoms with Crippen LogP contribution in [0.1, 0.15) is 13.3 Å². The van der Waals surface area contributed by atoms with Crippen LogP contribution >= 0.6 is 0 Å². The molecule has 0 unspecified atom stereocenters. The summed E-state index contributed by atoms with van der Waals surface area (Å²) >= 11 is 0. The maximum Gasteiger partial charge on any atom is 0.194 e. The van der Waals surface area contributed by atoms with E-state index < -0.39 is 34.7 Å². The van der Waals surface area contributed by atoms with Crippen LogP contribution in [0.5, 0.6) is 0 Å². The minimum Gasteiger partial charge on any atom is -0.102 e. The van der Waals surface area contributed by atoms with Gasteiger partial charge in [0.25, 0.3) is 0 Å². The quantitative estimate of drug-likeness (QED) is 0.392. The van der Waals surface area contributed by atoms with Gasteiger partial charge in [-0.25, -0.2) is 0 Å². The summed E-state index contributed by atoms with van der Waals surface area (Å²) in [5.41, 5.74) is -2.99. The minimum atomic E-state index is -2.99. The smallest absolute Gasteiger partial charge is 0.102 e. The van der Waals surface area contributed by atoms with Crippen LogP contribution in [0.15, 0.2) is 0 Å². The fourth-order valence-corrected chi connectivity index (χ4v) is 0.522. The van der Waals surface area contributed by atoms with Crippen LogP contribution < -0.4 is 0 Å². The van der Waals surface area contributed by atoms with Crippen molar-refractivity contribution in [2.45, 2.75) is 19.0 Å².